The van der Waals surface area contributed by atoms with Gasteiger partial charge in [-0.05, 0) is 31.4 Å². The molecule has 0 aromatic carbocycles. The summed E-state index contributed by atoms with van der Waals surface area (Å²) >= 11 is 1.36. The Labute approximate surface area is 134 Å². The molecule has 0 unspecified atom stereocenters. The Morgan fingerprint density at radius 1 is 1.50 bits per heavy atom. The minimum absolute atomic E-state index is 0.0866. The number of aryl methyl sites for hydroxylation is 1. The van der Waals surface area contributed by atoms with Crippen LogP contribution in [0.3, 0.4) is 0 Å². The summed E-state index contributed by atoms with van der Waals surface area (Å²) in [6.45, 7) is 3.03. The van der Waals surface area contributed by atoms with Crippen LogP contribution in [-0.2, 0) is 21.2 Å². The van der Waals surface area contributed by atoms with Crippen LogP contribution in [0.4, 0.5) is 0 Å². The lowest BCUT2D eigenvalue weighted by Gasteiger charge is -2.27. The van der Waals surface area contributed by atoms with E-state index in [-0.39, 0.29) is 30.1 Å². The van der Waals surface area contributed by atoms with Gasteiger partial charge in [0.1, 0.15) is 4.21 Å². The van der Waals surface area contributed by atoms with Gasteiger partial charge in [-0.15, -0.1) is 11.3 Å². The molecule has 5 nitrogen and oxygen atoms in total. The molecular weight excluding hydrogens is 322 g/mol. The van der Waals surface area contributed by atoms with Crippen molar-refractivity contribution in [2.24, 2.45) is 11.8 Å². The quantitative estimate of drug-likeness (QED) is 0.899. The first-order chi connectivity index (χ1) is 10.5. The molecule has 4 rings (SSSR count). The number of nitrogens with zero attached hydrogens (tertiary/aromatic N) is 1. The number of thiophene rings is 1. The number of aliphatic hydroxyl groups is 1. The molecule has 3 saturated heterocycles. The van der Waals surface area contributed by atoms with E-state index in [1.807, 2.05) is 13.0 Å². The van der Waals surface area contributed by atoms with Gasteiger partial charge in [0.05, 0.1) is 11.7 Å². The molecule has 4 atom stereocenters. The average Bonchev–Trinajstić information content (AvgIpc) is 3.24. The normalized spacial score (nSPS) is 37.8. The van der Waals surface area contributed by atoms with Gasteiger partial charge in [0.25, 0.3) is 10.0 Å². The van der Waals surface area contributed by atoms with E-state index in [4.69, 9.17) is 4.74 Å². The molecule has 0 aliphatic carbocycles. The second kappa shape index (κ2) is 5.01. The van der Waals surface area contributed by atoms with E-state index in [0.29, 0.717) is 17.3 Å². The standard InChI is InChI=1S/C15H21NO4S2/c1-2-10-3-4-14(21-10)22(18,19)16-7-12-11(8-17)13-5-6-15(12,9-16)20-13/h3-4,11-13,17H,2,5-9H2,1H3/t11-,12+,13+,15+/m0/s1. The molecule has 4 heterocycles. The van der Waals surface area contributed by atoms with Gasteiger partial charge in [0.2, 0.25) is 0 Å². The predicted octanol–water partition coefficient (Wildman–Crippen LogP) is 1.47. The maximum atomic E-state index is 12.9. The fraction of sp³-hybridized carbons (Fsp3) is 0.733. The minimum atomic E-state index is -3.44. The number of aliphatic hydroxyl groups excluding tert-OH is 1. The Hall–Kier alpha value is -0.470. The molecule has 122 valence electrons. The van der Waals surface area contributed by atoms with Crippen molar-refractivity contribution in [2.45, 2.75) is 42.1 Å². The third kappa shape index (κ3) is 1.96. The van der Waals surface area contributed by atoms with E-state index in [1.54, 1.807) is 10.4 Å². The Morgan fingerprint density at radius 2 is 2.32 bits per heavy atom. The van der Waals surface area contributed by atoms with Crippen molar-refractivity contribution in [3.05, 3.63) is 17.0 Å². The van der Waals surface area contributed by atoms with Crippen molar-refractivity contribution in [2.75, 3.05) is 19.7 Å². The molecule has 3 aliphatic rings. The van der Waals surface area contributed by atoms with Gasteiger partial charge in [-0.25, -0.2) is 8.42 Å². The highest BCUT2D eigenvalue weighted by Crippen LogP contribution is 2.55. The number of fused-ring (bicyclic) bond motifs is 1. The molecule has 1 aromatic heterocycles. The molecule has 0 radical (unpaired) electrons. The number of hydrogen-bond acceptors (Lipinski definition) is 5. The molecule has 1 spiro atoms. The summed E-state index contributed by atoms with van der Waals surface area (Å²) in [5.74, 6) is 0.222. The number of ether oxygens (including phenoxy) is 1. The highest BCUT2D eigenvalue weighted by atomic mass is 32.2. The Balaban J connectivity index is 1.63. The van der Waals surface area contributed by atoms with Crippen molar-refractivity contribution in [1.82, 2.24) is 4.31 Å². The lowest BCUT2D eigenvalue weighted by Crippen LogP contribution is -2.38. The zero-order valence-corrected chi connectivity index (χ0v) is 14.2. The molecule has 1 N–H and O–H groups in total. The molecule has 0 saturated carbocycles. The van der Waals surface area contributed by atoms with Crippen LogP contribution in [0.15, 0.2) is 16.3 Å². The van der Waals surface area contributed by atoms with E-state index >= 15 is 0 Å². The van der Waals surface area contributed by atoms with Crippen molar-refractivity contribution in [3.8, 4) is 0 Å². The molecular formula is C15H21NO4S2. The molecule has 0 amide bonds. The lowest BCUT2D eigenvalue weighted by atomic mass is 9.74. The fourth-order valence-electron chi connectivity index (χ4n) is 4.39. The Morgan fingerprint density at radius 3 is 3.00 bits per heavy atom. The van der Waals surface area contributed by atoms with E-state index in [9.17, 15) is 13.5 Å². The largest absolute Gasteiger partial charge is 0.396 e. The molecule has 22 heavy (non-hydrogen) atoms. The second-order valence-electron chi connectivity index (χ2n) is 6.58. The monoisotopic (exact) mass is 343 g/mol. The van der Waals surface area contributed by atoms with Crippen molar-refractivity contribution in [3.63, 3.8) is 0 Å². The van der Waals surface area contributed by atoms with Gasteiger partial charge < -0.3 is 9.84 Å². The summed E-state index contributed by atoms with van der Waals surface area (Å²) in [6.07, 6.45) is 2.82. The first kappa shape index (κ1) is 15.1. The second-order valence-corrected chi connectivity index (χ2v) is 9.92. The summed E-state index contributed by atoms with van der Waals surface area (Å²) in [5, 5.41) is 9.63. The highest BCUT2D eigenvalue weighted by Gasteiger charge is 2.64. The van der Waals surface area contributed by atoms with Crippen LogP contribution in [0.1, 0.15) is 24.6 Å². The zero-order valence-electron chi connectivity index (χ0n) is 12.6. The first-order valence-electron chi connectivity index (χ1n) is 7.88. The minimum Gasteiger partial charge on any atom is -0.396 e. The maximum Gasteiger partial charge on any atom is 0.252 e. The van der Waals surface area contributed by atoms with Crippen molar-refractivity contribution in [1.29, 1.82) is 0 Å². The summed E-state index contributed by atoms with van der Waals surface area (Å²) in [4.78, 5) is 1.08. The van der Waals surface area contributed by atoms with Gasteiger partial charge in [0.15, 0.2) is 0 Å². The van der Waals surface area contributed by atoms with Crippen LogP contribution in [0.5, 0.6) is 0 Å². The van der Waals surface area contributed by atoms with E-state index in [2.05, 4.69) is 0 Å². The van der Waals surface area contributed by atoms with Crippen LogP contribution in [-0.4, -0.2) is 49.2 Å². The van der Waals surface area contributed by atoms with Gasteiger partial charge in [-0.2, -0.15) is 4.31 Å². The summed E-state index contributed by atoms with van der Waals surface area (Å²) in [6, 6.07) is 3.61. The van der Waals surface area contributed by atoms with Crippen LogP contribution in [0.2, 0.25) is 0 Å². The molecule has 1 aromatic rings. The fourth-order valence-corrected chi connectivity index (χ4v) is 7.36. The van der Waals surface area contributed by atoms with Crippen LogP contribution in [0, 0.1) is 11.8 Å². The van der Waals surface area contributed by atoms with Crippen LogP contribution >= 0.6 is 11.3 Å². The number of rotatable bonds is 4. The summed E-state index contributed by atoms with van der Waals surface area (Å²) in [7, 11) is -3.44. The van der Waals surface area contributed by atoms with Crippen molar-refractivity contribution < 1.29 is 18.3 Å². The van der Waals surface area contributed by atoms with Crippen molar-refractivity contribution >= 4 is 21.4 Å². The number of hydrogen-bond donors (Lipinski definition) is 1. The smallest absolute Gasteiger partial charge is 0.252 e. The van der Waals surface area contributed by atoms with E-state index < -0.39 is 10.0 Å². The molecule has 7 heteroatoms. The third-order valence-corrected chi connectivity index (χ3v) is 9.05. The van der Waals surface area contributed by atoms with Crippen LogP contribution < -0.4 is 0 Å². The Kier molecular flexibility index (Phi) is 3.44. The van der Waals surface area contributed by atoms with Gasteiger partial charge in [-0.1, -0.05) is 6.92 Å². The topological polar surface area (TPSA) is 66.8 Å². The predicted molar refractivity (Wildman–Crippen MR) is 83.4 cm³/mol. The van der Waals surface area contributed by atoms with E-state index in [0.717, 1.165) is 24.1 Å². The average molecular weight is 343 g/mol. The third-order valence-electron chi connectivity index (χ3n) is 5.54. The highest BCUT2D eigenvalue weighted by molar-refractivity contribution is 7.91. The first-order valence-corrected chi connectivity index (χ1v) is 10.1. The number of sulfonamides is 1. The lowest BCUT2D eigenvalue weighted by molar-refractivity contribution is 0.00645. The molecule has 2 bridgehead atoms. The van der Waals surface area contributed by atoms with Crippen LogP contribution in [0.25, 0.3) is 0 Å². The van der Waals surface area contributed by atoms with Gasteiger partial charge in [-0.3, -0.25) is 0 Å². The summed E-state index contributed by atoms with van der Waals surface area (Å²) < 4.78 is 33.9. The maximum absolute atomic E-state index is 12.9. The van der Waals surface area contributed by atoms with Gasteiger partial charge >= 0.3 is 0 Å². The van der Waals surface area contributed by atoms with Gasteiger partial charge in [0, 0.05) is 36.4 Å². The molecule has 3 fully saturated rings. The zero-order chi connectivity index (χ0) is 15.5. The SMILES string of the molecule is CCc1ccc(S(=O)(=O)N2C[C@@H]3[C@H](CO)[C@H]4CC[C@]3(C2)O4)s1. The molecule has 3 aliphatic heterocycles. The summed E-state index contributed by atoms with van der Waals surface area (Å²) in [5.41, 5.74) is -0.351. The van der Waals surface area contributed by atoms with E-state index in [1.165, 1.54) is 11.3 Å². The Bertz CT molecular complexity index is 685.